The van der Waals surface area contributed by atoms with Gasteiger partial charge >= 0.3 is 0 Å². The third kappa shape index (κ3) is 2.25. The van der Waals surface area contributed by atoms with Crippen LogP contribution in [0.15, 0.2) is 78.9 Å². The van der Waals surface area contributed by atoms with Gasteiger partial charge in [-0.05, 0) is 11.6 Å². The summed E-state index contributed by atoms with van der Waals surface area (Å²) >= 11 is 0. The van der Waals surface area contributed by atoms with E-state index in [9.17, 15) is 4.79 Å². The molecule has 0 N–H and O–H groups in total. The first kappa shape index (κ1) is 15.0. The molecule has 126 valence electrons. The first-order valence-electron chi connectivity index (χ1n) is 8.73. The van der Waals surface area contributed by atoms with E-state index in [1.165, 1.54) is 0 Å². The van der Waals surface area contributed by atoms with Crippen molar-refractivity contribution in [2.45, 2.75) is 13.2 Å². The Kier molecular flexibility index (Phi) is 3.39. The lowest BCUT2D eigenvalue weighted by Gasteiger charge is -2.17. The van der Waals surface area contributed by atoms with Crippen LogP contribution in [0, 0.1) is 0 Å². The molecule has 1 amide bonds. The predicted molar refractivity (Wildman–Crippen MR) is 102 cm³/mol. The molecule has 3 nitrogen and oxygen atoms in total. The molecular formula is C23H17NO2. The number of hydrogen-bond acceptors (Lipinski definition) is 2. The van der Waals surface area contributed by atoms with E-state index in [-0.39, 0.29) is 5.91 Å². The summed E-state index contributed by atoms with van der Waals surface area (Å²) in [5.74, 6) is 0.704. The normalized spacial score (nSPS) is 17.8. The predicted octanol–water partition coefficient (Wildman–Crippen LogP) is 4.63. The van der Waals surface area contributed by atoms with Gasteiger partial charge in [-0.3, -0.25) is 4.79 Å². The molecule has 0 aromatic heterocycles. The second kappa shape index (κ2) is 5.88. The van der Waals surface area contributed by atoms with E-state index >= 15 is 0 Å². The number of rotatable bonds is 2. The summed E-state index contributed by atoms with van der Waals surface area (Å²) in [7, 11) is 0. The van der Waals surface area contributed by atoms with Gasteiger partial charge in [-0.2, -0.15) is 0 Å². The Morgan fingerprint density at radius 2 is 1.50 bits per heavy atom. The van der Waals surface area contributed by atoms with Gasteiger partial charge in [0.25, 0.3) is 5.91 Å². The Hall–Kier alpha value is -3.33. The summed E-state index contributed by atoms with van der Waals surface area (Å²) in [5.41, 5.74) is 5.81. The van der Waals surface area contributed by atoms with Crippen molar-refractivity contribution in [3.8, 4) is 0 Å². The summed E-state index contributed by atoms with van der Waals surface area (Å²) in [4.78, 5) is 15.2. The largest absolute Gasteiger partial charge is 0.487 e. The molecule has 0 fully saturated rings. The van der Waals surface area contributed by atoms with Gasteiger partial charge in [-0.1, -0.05) is 72.8 Å². The molecule has 0 radical (unpaired) electrons. The monoisotopic (exact) mass is 339 g/mol. The van der Waals surface area contributed by atoms with Gasteiger partial charge in [0.15, 0.2) is 0 Å². The summed E-state index contributed by atoms with van der Waals surface area (Å²) in [6.07, 6.45) is 0. The summed E-state index contributed by atoms with van der Waals surface area (Å²) in [6, 6.07) is 26.1. The molecule has 2 aliphatic rings. The smallest absolute Gasteiger partial charge is 0.263 e. The molecular weight excluding hydrogens is 322 g/mol. The van der Waals surface area contributed by atoms with Crippen molar-refractivity contribution in [1.82, 2.24) is 0 Å². The fourth-order valence-corrected chi connectivity index (χ4v) is 3.72. The van der Waals surface area contributed by atoms with Crippen molar-refractivity contribution in [3.63, 3.8) is 0 Å². The molecule has 0 bridgehead atoms. The van der Waals surface area contributed by atoms with Crippen LogP contribution in [0.1, 0.15) is 22.3 Å². The number of fused-ring (bicyclic) bond motifs is 2. The van der Waals surface area contributed by atoms with E-state index in [0.717, 1.165) is 27.9 Å². The van der Waals surface area contributed by atoms with E-state index in [1.807, 2.05) is 77.7 Å². The highest BCUT2D eigenvalue weighted by Crippen LogP contribution is 2.44. The first-order valence-corrected chi connectivity index (χ1v) is 8.73. The van der Waals surface area contributed by atoms with Gasteiger partial charge in [0.05, 0.1) is 17.8 Å². The number of nitrogens with zero attached hydrogens (tertiary/aromatic N) is 1. The average molecular weight is 339 g/mol. The number of carbonyl (C=O) groups is 1. The molecule has 0 saturated heterocycles. The van der Waals surface area contributed by atoms with Crippen molar-refractivity contribution in [2.24, 2.45) is 0 Å². The molecule has 0 atom stereocenters. The van der Waals surface area contributed by atoms with Crippen molar-refractivity contribution in [1.29, 1.82) is 0 Å². The molecule has 3 aromatic rings. The van der Waals surface area contributed by atoms with Crippen LogP contribution in [0.25, 0.3) is 11.3 Å². The second-order valence-electron chi connectivity index (χ2n) is 6.54. The number of amides is 1. The average Bonchev–Trinajstić information content (AvgIpc) is 3.22. The van der Waals surface area contributed by atoms with Crippen LogP contribution < -0.4 is 4.90 Å². The SMILES string of the molecule is O=C1/C(=C2/OCc3ccccc32)c2ccccc2N1Cc1ccccc1. The topological polar surface area (TPSA) is 29.5 Å². The highest BCUT2D eigenvalue weighted by Gasteiger charge is 2.37. The fourth-order valence-electron chi connectivity index (χ4n) is 3.72. The zero-order chi connectivity index (χ0) is 17.5. The zero-order valence-corrected chi connectivity index (χ0v) is 14.2. The molecule has 3 heteroatoms. The number of carbonyl (C=O) groups excluding carboxylic acids is 1. The number of para-hydroxylation sites is 1. The highest BCUT2D eigenvalue weighted by molar-refractivity contribution is 6.37. The van der Waals surface area contributed by atoms with Gasteiger partial charge in [-0.25, -0.2) is 0 Å². The Morgan fingerprint density at radius 1 is 0.808 bits per heavy atom. The Balaban J connectivity index is 1.65. The molecule has 0 unspecified atom stereocenters. The van der Waals surface area contributed by atoms with Crippen molar-refractivity contribution >= 4 is 22.9 Å². The van der Waals surface area contributed by atoms with Gasteiger partial charge in [0, 0.05) is 16.7 Å². The second-order valence-corrected chi connectivity index (χ2v) is 6.54. The Morgan fingerprint density at radius 3 is 2.35 bits per heavy atom. The maximum absolute atomic E-state index is 13.4. The molecule has 26 heavy (non-hydrogen) atoms. The van der Waals surface area contributed by atoms with Crippen molar-refractivity contribution in [3.05, 3.63) is 101 Å². The van der Waals surface area contributed by atoms with Crippen molar-refractivity contribution < 1.29 is 9.53 Å². The summed E-state index contributed by atoms with van der Waals surface area (Å²) in [5, 5.41) is 0. The standard InChI is InChI=1S/C23H17NO2/c25-23-21(22-18-11-5-4-10-17(18)15-26-22)19-12-6-7-13-20(19)24(23)14-16-8-2-1-3-9-16/h1-13H,14-15H2/b22-21+. The number of benzene rings is 3. The minimum absolute atomic E-state index is 0.00163. The van der Waals surface area contributed by atoms with Crippen LogP contribution in [-0.4, -0.2) is 5.91 Å². The van der Waals surface area contributed by atoms with Crippen LogP contribution >= 0.6 is 0 Å². The van der Waals surface area contributed by atoms with Crippen LogP contribution in [0.2, 0.25) is 0 Å². The molecule has 3 aromatic carbocycles. The van der Waals surface area contributed by atoms with Crippen LogP contribution in [-0.2, 0) is 22.7 Å². The molecule has 0 aliphatic carbocycles. The molecule has 0 saturated carbocycles. The summed E-state index contributed by atoms with van der Waals surface area (Å²) in [6.45, 7) is 1.07. The molecule has 2 heterocycles. The van der Waals surface area contributed by atoms with E-state index < -0.39 is 0 Å². The van der Waals surface area contributed by atoms with Crippen LogP contribution in [0.4, 0.5) is 5.69 Å². The maximum atomic E-state index is 13.4. The molecule has 0 spiro atoms. The van der Waals surface area contributed by atoms with Gasteiger partial charge in [0.2, 0.25) is 0 Å². The van der Waals surface area contributed by atoms with Crippen molar-refractivity contribution in [2.75, 3.05) is 4.90 Å². The number of ether oxygens (including phenoxy) is 1. The minimum atomic E-state index is 0.00163. The Bertz CT molecular complexity index is 1040. The lowest BCUT2D eigenvalue weighted by atomic mass is 10.0. The molecule has 5 rings (SSSR count). The molecule has 2 aliphatic heterocycles. The number of anilines is 1. The third-order valence-corrected chi connectivity index (χ3v) is 4.97. The van der Waals surface area contributed by atoms with Gasteiger partial charge in [0.1, 0.15) is 12.4 Å². The van der Waals surface area contributed by atoms with E-state index in [1.54, 1.807) is 0 Å². The Labute approximate surface area is 152 Å². The lowest BCUT2D eigenvalue weighted by molar-refractivity contribution is -0.113. The fraction of sp³-hybridized carbons (Fsp3) is 0.0870. The lowest BCUT2D eigenvalue weighted by Crippen LogP contribution is -2.26. The third-order valence-electron chi connectivity index (χ3n) is 4.97. The van der Waals surface area contributed by atoms with Gasteiger partial charge < -0.3 is 9.64 Å². The minimum Gasteiger partial charge on any atom is -0.487 e. The van der Waals surface area contributed by atoms with Gasteiger partial charge in [-0.15, -0.1) is 0 Å². The maximum Gasteiger partial charge on any atom is 0.263 e. The quantitative estimate of drug-likeness (QED) is 0.637. The zero-order valence-electron chi connectivity index (χ0n) is 14.2. The van der Waals surface area contributed by atoms with Crippen LogP contribution in [0.3, 0.4) is 0 Å². The number of hydrogen-bond donors (Lipinski definition) is 0. The van der Waals surface area contributed by atoms with E-state index in [0.29, 0.717) is 24.5 Å². The summed E-state index contributed by atoms with van der Waals surface area (Å²) < 4.78 is 5.97. The first-order chi connectivity index (χ1) is 12.8. The van der Waals surface area contributed by atoms with E-state index in [2.05, 4.69) is 6.07 Å². The van der Waals surface area contributed by atoms with Crippen LogP contribution in [0.5, 0.6) is 0 Å². The highest BCUT2D eigenvalue weighted by atomic mass is 16.5. The van der Waals surface area contributed by atoms with E-state index in [4.69, 9.17) is 4.74 Å².